The molecule has 1 aliphatic rings. The van der Waals surface area contributed by atoms with Gasteiger partial charge < -0.3 is 10.1 Å². The minimum Gasteiger partial charge on any atom is -0.493 e. The summed E-state index contributed by atoms with van der Waals surface area (Å²) in [6, 6.07) is 3.98. The topological polar surface area (TPSA) is 34.1 Å². The monoisotopic (exact) mass is 248 g/mol. The molecule has 100 valence electrons. The van der Waals surface area contributed by atoms with Crippen LogP contribution in [0.3, 0.4) is 0 Å². The predicted molar refractivity (Wildman–Crippen MR) is 73.6 cm³/mol. The molecule has 18 heavy (non-hydrogen) atoms. The van der Waals surface area contributed by atoms with Crippen molar-refractivity contribution in [3.8, 4) is 5.75 Å². The Morgan fingerprint density at radius 1 is 1.44 bits per heavy atom. The Morgan fingerprint density at radius 3 is 3.11 bits per heavy atom. The molecule has 0 aromatic carbocycles. The molecule has 2 atom stereocenters. The Morgan fingerprint density at radius 2 is 2.33 bits per heavy atom. The van der Waals surface area contributed by atoms with Crippen molar-refractivity contribution in [1.82, 2.24) is 10.3 Å². The van der Waals surface area contributed by atoms with Crippen molar-refractivity contribution >= 4 is 0 Å². The zero-order chi connectivity index (χ0) is 12.8. The average Bonchev–Trinajstić information content (AvgIpc) is 2.37. The summed E-state index contributed by atoms with van der Waals surface area (Å²) in [5.74, 6) is 2.55. The van der Waals surface area contributed by atoms with Crippen molar-refractivity contribution in [2.24, 2.45) is 11.8 Å². The highest BCUT2D eigenvalue weighted by Crippen LogP contribution is 2.29. The maximum atomic E-state index is 5.91. The first-order chi connectivity index (χ1) is 8.78. The summed E-state index contributed by atoms with van der Waals surface area (Å²) in [4.78, 5) is 4.29. The van der Waals surface area contributed by atoms with E-state index in [4.69, 9.17) is 4.74 Å². The second-order valence-electron chi connectivity index (χ2n) is 5.46. The SMILES string of the molecule is CNCc1cc(OCC2CCCC(C)C2)ccn1. The molecule has 0 radical (unpaired) electrons. The van der Waals surface area contributed by atoms with E-state index in [0.717, 1.165) is 36.4 Å². The highest BCUT2D eigenvalue weighted by atomic mass is 16.5. The summed E-state index contributed by atoms with van der Waals surface area (Å²) in [7, 11) is 1.93. The van der Waals surface area contributed by atoms with E-state index in [2.05, 4.69) is 17.2 Å². The molecule has 1 fully saturated rings. The van der Waals surface area contributed by atoms with E-state index in [1.54, 1.807) is 0 Å². The largest absolute Gasteiger partial charge is 0.493 e. The Labute approximate surface area is 110 Å². The van der Waals surface area contributed by atoms with E-state index in [1.807, 2.05) is 25.4 Å². The van der Waals surface area contributed by atoms with Crippen LogP contribution in [0.15, 0.2) is 18.3 Å². The summed E-state index contributed by atoms with van der Waals surface area (Å²) in [5, 5.41) is 3.10. The third-order valence-corrected chi connectivity index (χ3v) is 3.68. The van der Waals surface area contributed by atoms with Crippen molar-refractivity contribution in [2.75, 3.05) is 13.7 Å². The van der Waals surface area contributed by atoms with Crippen molar-refractivity contribution in [3.63, 3.8) is 0 Å². The number of nitrogens with one attached hydrogen (secondary N) is 1. The van der Waals surface area contributed by atoms with Crippen LogP contribution in [0.25, 0.3) is 0 Å². The van der Waals surface area contributed by atoms with Gasteiger partial charge in [-0.2, -0.15) is 0 Å². The zero-order valence-corrected chi connectivity index (χ0v) is 11.5. The van der Waals surface area contributed by atoms with Crippen molar-refractivity contribution in [2.45, 2.75) is 39.2 Å². The van der Waals surface area contributed by atoms with Gasteiger partial charge in [0.25, 0.3) is 0 Å². The fraction of sp³-hybridized carbons (Fsp3) is 0.667. The van der Waals surface area contributed by atoms with Crippen LogP contribution in [-0.2, 0) is 6.54 Å². The number of ether oxygens (including phenoxy) is 1. The molecular weight excluding hydrogens is 224 g/mol. The molecule has 3 heteroatoms. The first-order valence-electron chi connectivity index (χ1n) is 7.00. The number of hydrogen-bond donors (Lipinski definition) is 1. The molecule has 0 bridgehead atoms. The zero-order valence-electron chi connectivity index (χ0n) is 11.5. The summed E-state index contributed by atoms with van der Waals surface area (Å²) in [6.07, 6.45) is 7.20. The molecule has 1 heterocycles. The van der Waals surface area contributed by atoms with Gasteiger partial charge in [0.05, 0.1) is 12.3 Å². The van der Waals surface area contributed by atoms with Gasteiger partial charge in [-0.15, -0.1) is 0 Å². The number of rotatable bonds is 5. The maximum absolute atomic E-state index is 5.91. The van der Waals surface area contributed by atoms with Gasteiger partial charge in [0.1, 0.15) is 5.75 Å². The van der Waals surface area contributed by atoms with Gasteiger partial charge in [-0.05, 0) is 37.8 Å². The molecule has 2 rings (SSSR count). The third kappa shape index (κ3) is 3.98. The molecule has 1 aliphatic carbocycles. The van der Waals surface area contributed by atoms with E-state index in [0.29, 0.717) is 0 Å². The average molecular weight is 248 g/mol. The van der Waals surface area contributed by atoms with Crippen LogP contribution in [0.2, 0.25) is 0 Å². The molecule has 1 aromatic rings. The third-order valence-electron chi connectivity index (χ3n) is 3.68. The van der Waals surface area contributed by atoms with Gasteiger partial charge in [0.2, 0.25) is 0 Å². The molecule has 0 saturated heterocycles. The summed E-state index contributed by atoms with van der Waals surface area (Å²) >= 11 is 0. The van der Waals surface area contributed by atoms with Crippen LogP contribution < -0.4 is 10.1 Å². The summed E-state index contributed by atoms with van der Waals surface area (Å²) in [6.45, 7) is 3.99. The summed E-state index contributed by atoms with van der Waals surface area (Å²) < 4.78 is 5.91. The van der Waals surface area contributed by atoms with Crippen molar-refractivity contribution in [1.29, 1.82) is 0 Å². The Balaban J connectivity index is 1.83. The van der Waals surface area contributed by atoms with Gasteiger partial charge >= 0.3 is 0 Å². The Kier molecular flexibility index (Phi) is 5.00. The lowest BCUT2D eigenvalue weighted by molar-refractivity contribution is 0.182. The van der Waals surface area contributed by atoms with Crippen molar-refractivity contribution in [3.05, 3.63) is 24.0 Å². The second-order valence-corrected chi connectivity index (χ2v) is 5.46. The standard InChI is InChI=1S/C15H24N2O/c1-12-4-3-5-13(8-12)11-18-15-6-7-17-14(9-15)10-16-2/h6-7,9,12-13,16H,3-5,8,10-11H2,1-2H3. The van der Waals surface area contributed by atoms with Crippen LogP contribution in [0, 0.1) is 11.8 Å². The first kappa shape index (κ1) is 13.3. The molecule has 0 spiro atoms. The molecular formula is C15H24N2O. The smallest absolute Gasteiger partial charge is 0.122 e. The second kappa shape index (κ2) is 6.74. The lowest BCUT2D eigenvalue weighted by atomic mass is 9.83. The maximum Gasteiger partial charge on any atom is 0.122 e. The fourth-order valence-electron chi connectivity index (χ4n) is 2.75. The van der Waals surface area contributed by atoms with Gasteiger partial charge in [-0.3, -0.25) is 4.98 Å². The molecule has 2 unspecified atom stereocenters. The first-order valence-corrected chi connectivity index (χ1v) is 7.00. The number of hydrogen-bond acceptors (Lipinski definition) is 3. The molecule has 1 aromatic heterocycles. The van der Waals surface area contributed by atoms with Crippen LogP contribution in [0.4, 0.5) is 0 Å². The molecule has 1 saturated carbocycles. The van der Waals surface area contributed by atoms with Gasteiger partial charge in [-0.25, -0.2) is 0 Å². The van der Waals surface area contributed by atoms with Crippen LogP contribution in [0.1, 0.15) is 38.3 Å². The Hall–Kier alpha value is -1.09. The fourth-order valence-corrected chi connectivity index (χ4v) is 2.75. The molecule has 0 amide bonds. The van der Waals surface area contributed by atoms with E-state index in [-0.39, 0.29) is 0 Å². The normalized spacial score (nSPS) is 23.9. The number of aromatic nitrogens is 1. The van der Waals surface area contributed by atoms with Crippen LogP contribution in [0.5, 0.6) is 5.75 Å². The van der Waals surface area contributed by atoms with Crippen LogP contribution in [-0.4, -0.2) is 18.6 Å². The van der Waals surface area contributed by atoms with Gasteiger partial charge in [0.15, 0.2) is 0 Å². The van der Waals surface area contributed by atoms with Gasteiger partial charge in [0, 0.05) is 18.8 Å². The lowest BCUT2D eigenvalue weighted by Gasteiger charge is -2.26. The predicted octanol–water partition coefficient (Wildman–Crippen LogP) is 3.01. The molecule has 1 N–H and O–H groups in total. The quantitative estimate of drug-likeness (QED) is 0.869. The molecule has 0 aliphatic heterocycles. The van der Waals surface area contributed by atoms with E-state index in [1.165, 1.54) is 25.7 Å². The minimum absolute atomic E-state index is 0.731. The van der Waals surface area contributed by atoms with E-state index < -0.39 is 0 Å². The highest BCUT2D eigenvalue weighted by Gasteiger charge is 2.19. The van der Waals surface area contributed by atoms with E-state index >= 15 is 0 Å². The summed E-state index contributed by atoms with van der Waals surface area (Å²) in [5.41, 5.74) is 1.03. The molecule has 3 nitrogen and oxygen atoms in total. The number of pyridine rings is 1. The number of nitrogens with zero attached hydrogens (tertiary/aromatic N) is 1. The Bertz CT molecular complexity index is 367. The van der Waals surface area contributed by atoms with Gasteiger partial charge in [-0.1, -0.05) is 19.8 Å². The minimum atomic E-state index is 0.731. The lowest BCUT2D eigenvalue weighted by Crippen LogP contribution is -2.19. The van der Waals surface area contributed by atoms with Crippen molar-refractivity contribution < 1.29 is 4.74 Å². The highest BCUT2D eigenvalue weighted by molar-refractivity contribution is 5.22. The van der Waals surface area contributed by atoms with E-state index in [9.17, 15) is 0 Å². The van der Waals surface area contributed by atoms with Crippen LogP contribution >= 0.6 is 0 Å².